The monoisotopic (exact) mass is 302 g/mol. The third-order valence-electron chi connectivity index (χ3n) is 4.46. The van der Waals surface area contributed by atoms with Gasteiger partial charge in [-0.15, -0.1) is 0 Å². The van der Waals surface area contributed by atoms with Gasteiger partial charge in [-0.25, -0.2) is 9.78 Å². The van der Waals surface area contributed by atoms with Crippen LogP contribution in [0, 0.1) is 0 Å². The number of thioether (sulfide) groups is 1. The molecule has 4 nitrogen and oxygen atoms in total. The molecule has 0 unspecified atom stereocenters. The summed E-state index contributed by atoms with van der Waals surface area (Å²) in [5, 5.41) is 9.24. The van der Waals surface area contributed by atoms with Crippen molar-refractivity contribution in [2.75, 3.05) is 11.5 Å². The molecule has 1 aromatic carbocycles. The zero-order chi connectivity index (χ0) is 14.4. The van der Waals surface area contributed by atoms with Gasteiger partial charge in [0.2, 0.25) is 0 Å². The fraction of sp³-hybridized carbons (Fsp3) is 0.500. The average molecular weight is 302 g/mol. The van der Waals surface area contributed by atoms with Gasteiger partial charge in [0.1, 0.15) is 5.82 Å². The molecule has 1 saturated heterocycles. The fourth-order valence-corrected chi connectivity index (χ4v) is 4.28. The molecule has 1 aliphatic carbocycles. The van der Waals surface area contributed by atoms with Crippen LogP contribution in [0.1, 0.15) is 53.8 Å². The van der Waals surface area contributed by atoms with Crippen LogP contribution in [0.3, 0.4) is 0 Å². The normalized spacial score (nSPS) is 20.0. The van der Waals surface area contributed by atoms with Crippen LogP contribution in [0.4, 0.5) is 0 Å². The van der Waals surface area contributed by atoms with Gasteiger partial charge in [-0.05, 0) is 55.4 Å². The Labute approximate surface area is 127 Å². The molecule has 0 amide bonds. The van der Waals surface area contributed by atoms with Gasteiger partial charge in [0, 0.05) is 12.0 Å². The van der Waals surface area contributed by atoms with Crippen LogP contribution in [-0.4, -0.2) is 32.1 Å². The number of aromatic carboxylic acids is 1. The lowest BCUT2D eigenvalue weighted by Crippen LogP contribution is -2.17. The molecule has 1 aromatic heterocycles. The molecule has 1 aliphatic heterocycles. The van der Waals surface area contributed by atoms with Crippen LogP contribution in [-0.2, 0) is 0 Å². The number of fused-ring (bicyclic) bond motifs is 1. The standard InChI is InChI=1S/C16H18N2O2S/c19-16(20)11-3-4-13-14(9-11)18(12-5-7-21-8-6-12)15(17-13)10-1-2-10/h3-4,9-10,12H,1-2,5-8H2,(H,19,20). The van der Waals surface area contributed by atoms with Crippen molar-refractivity contribution in [3.05, 3.63) is 29.6 Å². The third-order valence-corrected chi connectivity index (χ3v) is 5.51. The van der Waals surface area contributed by atoms with Crippen molar-refractivity contribution in [3.8, 4) is 0 Å². The molecule has 2 heterocycles. The zero-order valence-electron chi connectivity index (χ0n) is 11.8. The van der Waals surface area contributed by atoms with E-state index in [1.807, 2.05) is 17.8 Å². The molecule has 2 aromatic rings. The van der Waals surface area contributed by atoms with E-state index < -0.39 is 5.97 Å². The molecule has 0 bridgehead atoms. The quantitative estimate of drug-likeness (QED) is 0.939. The summed E-state index contributed by atoms with van der Waals surface area (Å²) in [5.74, 6) is 3.28. The summed E-state index contributed by atoms with van der Waals surface area (Å²) in [7, 11) is 0. The van der Waals surface area contributed by atoms with E-state index in [1.54, 1.807) is 12.1 Å². The van der Waals surface area contributed by atoms with Gasteiger partial charge >= 0.3 is 5.97 Å². The number of rotatable bonds is 3. The van der Waals surface area contributed by atoms with Crippen LogP contribution in [0.25, 0.3) is 11.0 Å². The van der Waals surface area contributed by atoms with Crippen molar-refractivity contribution in [1.82, 2.24) is 9.55 Å². The predicted molar refractivity (Wildman–Crippen MR) is 84.3 cm³/mol. The van der Waals surface area contributed by atoms with Crippen LogP contribution in [0.15, 0.2) is 18.2 Å². The number of hydrogen-bond donors (Lipinski definition) is 1. The number of nitrogens with zero attached hydrogens (tertiary/aromatic N) is 2. The highest BCUT2D eigenvalue weighted by Crippen LogP contribution is 2.43. The number of hydrogen-bond acceptors (Lipinski definition) is 3. The van der Waals surface area contributed by atoms with E-state index in [2.05, 4.69) is 4.57 Å². The highest BCUT2D eigenvalue weighted by molar-refractivity contribution is 7.99. The maximum Gasteiger partial charge on any atom is 0.335 e. The minimum atomic E-state index is -0.864. The predicted octanol–water partition coefficient (Wildman–Crippen LogP) is 3.68. The molecule has 2 aliphatic rings. The lowest BCUT2D eigenvalue weighted by molar-refractivity contribution is 0.0697. The summed E-state index contributed by atoms with van der Waals surface area (Å²) >= 11 is 2.01. The van der Waals surface area contributed by atoms with Crippen molar-refractivity contribution >= 4 is 28.8 Å². The second-order valence-electron chi connectivity index (χ2n) is 5.97. The van der Waals surface area contributed by atoms with Gasteiger partial charge in [0.05, 0.1) is 16.6 Å². The molecule has 0 spiro atoms. The number of carboxylic acid groups (broad SMARTS) is 1. The molecular formula is C16H18N2O2S. The van der Waals surface area contributed by atoms with Crippen molar-refractivity contribution in [1.29, 1.82) is 0 Å². The molecule has 0 radical (unpaired) electrons. The third kappa shape index (κ3) is 2.33. The Bertz CT molecular complexity index is 700. The minimum absolute atomic E-state index is 0.358. The second kappa shape index (κ2) is 5.05. The van der Waals surface area contributed by atoms with Gasteiger partial charge < -0.3 is 9.67 Å². The smallest absolute Gasteiger partial charge is 0.335 e. The first kappa shape index (κ1) is 13.2. The van der Waals surface area contributed by atoms with E-state index in [-0.39, 0.29) is 0 Å². The largest absolute Gasteiger partial charge is 0.478 e. The summed E-state index contributed by atoms with van der Waals surface area (Å²) in [6, 6.07) is 5.81. The van der Waals surface area contributed by atoms with E-state index in [0.717, 1.165) is 23.9 Å². The molecule has 1 N–H and O–H groups in total. The van der Waals surface area contributed by atoms with E-state index in [4.69, 9.17) is 4.98 Å². The Morgan fingerprint density at radius 1 is 1.24 bits per heavy atom. The van der Waals surface area contributed by atoms with Crippen LogP contribution in [0.5, 0.6) is 0 Å². The number of carboxylic acids is 1. The average Bonchev–Trinajstić information content (AvgIpc) is 3.28. The maximum atomic E-state index is 11.3. The summed E-state index contributed by atoms with van der Waals surface area (Å²) in [4.78, 5) is 16.1. The van der Waals surface area contributed by atoms with Crippen molar-refractivity contribution in [3.63, 3.8) is 0 Å². The minimum Gasteiger partial charge on any atom is -0.478 e. The molecule has 110 valence electrons. The number of imidazole rings is 1. The second-order valence-corrected chi connectivity index (χ2v) is 7.19. The van der Waals surface area contributed by atoms with Crippen molar-refractivity contribution < 1.29 is 9.90 Å². The molecule has 1 saturated carbocycles. The Hall–Kier alpha value is -1.49. The SMILES string of the molecule is O=C(O)c1ccc2nc(C3CC3)n(C3CCSCC3)c2c1. The number of carbonyl (C=O) groups is 1. The van der Waals surface area contributed by atoms with Gasteiger partial charge in [-0.2, -0.15) is 11.8 Å². The van der Waals surface area contributed by atoms with E-state index >= 15 is 0 Å². The summed E-state index contributed by atoms with van der Waals surface area (Å²) < 4.78 is 2.36. The highest BCUT2D eigenvalue weighted by Gasteiger charge is 2.32. The van der Waals surface area contributed by atoms with Crippen LogP contribution in [0.2, 0.25) is 0 Å². The van der Waals surface area contributed by atoms with Crippen LogP contribution >= 0.6 is 11.8 Å². The first-order valence-corrected chi connectivity index (χ1v) is 8.72. The summed E-state index contributed by atoms with van der Waals surface area (Å²) in [6.07, 6.45) is 4.76. The number of aromatic nitrogens is 2. The topological polar surface area (TPSA) is 55.1 Å². The first-order chi connectivity index (χ1) is 10.2. The lowest BCUT2D eigenvalue weighted by atomic mass is 10.1. The molecule has 0 atom stereocenters. The Morgan fingerprint density at radius 3 is 2.67 bits per heavy atom. The van der Waals surface area contributed by atoms with Crippen molar-refractivity contribution in [2.45, 2.75) is 37.6 Å². The van der Waals surface area contributed by atoms with E-state index in [9.17, 15) is 9.90 Å². The Kier molecular flexibility index (Phi) is 3.17. The van der Waals surface area contributed by atoms with Gasteiger partial charge in [0.25, 0.3) is 0 Å². The maximum absolute atomic E-state index is 11.3. The summed E-state index contributed by atoms with van der Waals surface area (Å²) in [6.45, 7) is 0. The van der Waals surface area contributed by atoms with Crippen LogP contribution < -0.4 is 0 Å². The summed E-state index contributed by atoms with van der Waals surface area (Å²) in [5.41, 5.74) is 2.31. The van der Waals surface area contributed by atoms with Gasteiger partial charge in [-0.3, -0.25) is 0 Å². The molecule has 5 heteroatoms. The number of benzene rings is 1. The van der Waals surface area contributed by atoms with E-state index in [1.165, 1.54) is 30.2 Å². The first-order valence-electron chi connectivity index (χ1n) is 7.57. The molecule has 2 fully saturated rings. The highest BCUT2D eigenvalue weighted by atomic mass is 32.2. The lowest BCUT2D eigenvalue weighted by Gasteiger charge is -2.25. The van der Waals surface area contributed by atoms with Crippen molar-refractivity contribution in [2.24, 2.45) is 0 Å². The Balaban J connectivity index is 1.88. The fourth-order valence-electron chi connectivity index (χ4n) is 3.20. The molecule has 4 rings (SSSR count). The molecular weight excluding hydrogens is 284 g/mol. The van der Waals surface area contributed by atoms with E-state index in [0.29, 0.717) is 17.5 Å². The molecule has 21 heavy (non-hydrogen) atoms. The van der Waals surface area contributed by atoms with Gasteiger partial charge in [-0.1, -0.05) is 0 Å². The zero-order valence-corrected chi connectivity index (χ0v) is 12.6. The van der Waals surface area contributed by atoms with Gasteiger partial charge in [0.15, 0.2) is 0 Å². The Morgan fingerprint density at radius 2 is 2.00 bits per heavy atom.